The number of hydrogen-bond acceptors (Lipinski definition) is 2. The van der Waals surface area contributed by atoms with Gasteiger partial charge in [0.05, 0.1) is 6.10 Å². The zero-order chi connectivity index (χ0) is 5.56. The van der Waals surface area contributed by atoms with Crippen molar-refractivity contribution in [2.45, 2.75) is 18.6 Å². The highest BCUT2D eigenvalue weighted by Crippen LogP contribution is 2.24. The summed E-state index contributed by atoms with van der Waals surface area (Å²) in [6.07, 6.45) is 4.32. The molecule has 0 saturated carbocycles. The van der Waals surface area contributed by atoms with Gasteiger partial charge in [0.25, 0.3) is 0 Å². The molecule has 2 bridgehead atoms. The van der Waals surface area contributed by atoms with Gasteiger partial charge in [-0.25, -0.2) is 0 Å². The maximum absolute atomic E-state index is 10.7. The largest absolute Gasteiger partial charge is 0.359 e. The maximum atomic E-state index is 10.7. The minimum absolute atomic E-state index is 0.118. The summed E-state index contributed by atoms with van der Waals surface area (Å²) in [5, 5.41) is 0. The van der Waals surface area contributed by atoms with E-state index in [9.17, 15) is 4.79 Å². The average molecular weight is 110 g/mol. The first-order valence-electron chi connectivity index (χ1n) is 2.73. The molecule has 2 rings (SSSR count). The molecule has 1 saturated heterocycles. The molecule has 42 valence electrons. The molecule has 0 N–H and O–H groups in total. The topological polar surface area (TPSA) is 26.3 Å². The smallest absolute Gasteiger partial charge is 0.168 e. The summed E-state index contributed by atoms with van der Waals surface area (Å²) in [5.74, 6) is 0.234. The molecule has 2 heteroatoms. The molecular formula is C6H6O2. The van der Waals surface area contributed by atoms with E-state index >= 15 is 0 Å². The SMILES string of the molecule is O=C1C[C@H]2C=CC1O2. The molecule has 2 heterocycles. The lowest BCUT2D eigenvalue weighted by molar-refractivity contribution is -0.120. The third-order valence-corrected chi connectivity index (χ3v) is 1.54. The van der Waals surface area contributed by atoms with Crippen molar-refractivity contribution in [3.05, 3.63) is 12.2 Å². The van der Waals surface area contributed by atoms with E-state index in [1.165, 1.54) is 0 Å². The van der Waals surface area contributed by atoms with E-state index in [0.29, 0.717) is 6.42 Å². The highest BCUT2D eigenvalue weighted by molar-refractivity contribution is 5.88. The van der Waals surface area contributed by atoms with Gasteiger partial charge in [0.15, 0.2) is 5.78 Å². The van der Waals surface area contributed by atoms with Crippen LogP contribution in [0.15, 0.2) is 12.2 Å². The standard InChI is InChI=1S/C6H6O2/c7-5-3-4-1-2-6(5)8-4/h1-2,4,6H,3H2/t4-,6?/m1/s1. The van der Waals surface area contributed by atoms with Crippen LogP contribution in [-0.4, -0.2) is 18.0 Å². The van der Waals surface area contributed by atoms with Gasteiger partial charge < -0.3 is 4.74 Å². The molecule has 0 aromatic carbocycles. The summed E-state index contributed by atoms with van der Waals surface area (Å²) in [4.78, 5) is 10.7. The van der Waals surface area contributed by atoms with Gasteiger partial charge in [-0.1, -0.05) is 6.08 Å². The van der Waals surface area contributed by atoms with E-state index in [4.69, 9.17) is 4.74 Å². The summed E-state index contributed by atoms with van der Waals surface area (Å²) < 4.78 is 5.12. The lowest BCUT2D eigenvalue weighted by atomic mass is 10.1. The first-order chi connectivity index (χ1) is 3.86. The van der Waals surface area contributed by atoms with E-state index in [-0.39, 0.29) is 18.0 Å². The molecule has 2 aliphatic heterocycles. The number of hydrogen-bond donors (Lipinski definition) is 0. The fourth-order valence-electron chi connectivity index (χ4n) is 1.12. The molecular weight excluding hydrogens is 104 g/mol. The minimum atomic E-state index is -0.181. The maximum Gasteiger partial charge on any atom is 0.168 e. The van der Waals surface area contributed by atoms with Crippen molar-refractivity contribution in [2.24, 2.45) is 0 Å². The predicted octanol–water partition coefficient (Wildman–Crippen LogP) is 0.283. The predicted molar refractivity (Wildman–Crippen MR) is 27.4 cm³/mol. The number of ether oxygens (including phenoxy) is 1. The molecule has 0 amide bonds. The van der Waals surface area contributed by atoms with Gasteiger partial charge in [-0.2, -0.15) is 0 Å². The van der Waals surface area contributed by atoms with Gasteiger partial charge >= 0.3 is 0 Å². The third kappa shape index (κ3) is 0.383. The summed E-state index contributed by atoms with van der Waals surface area (Å²) in [7, 11) is 0. The van der Waals surface area contributed by atoms with Crippen LogP contribution in [0.3, 0.4) is 0 Å². The van der Waals surface area contributed by atoms with Crippen LogP contribution < -0.4 is 0 Å². The van der Waals surface area contributed by atoms with Gasteiger partial charge in [0, 0.05) is 6.42 Å². The minimum Gasteiger partial charge on any atom is -0.359 e. The molecule has 2 atom stereocenters. The van der Waals surface area contributed by atoms with Crippen LogP contribution in [0.2, 0.25) is 0 Å². The Bertz CT molecular complexity index is 160. The Morgan fingerprint density at radius 1 is 1.62 bits per heavy atom. The molecule has 0 aromatic heterocycles. The van der Waals surface area contributed by atoms with Crippen molar-refractivity contribution in [3.8, 4) is 0 Å². The first kappa shape index (κ1) is 4.27. The molecule has 2 aliphatic rings. The summed E-state index contributed by atoms with van der Waals surface area (Å²) in [5.41, 5.74) is 0. The number of carbonyl (C=O) groups is 1. The number of ketones is 1. The third-order valence-electron chi connectivity index (χ3n) is 1.54. The van der Waals surface area contributed by atoms with E-state index in [0.717, 1.165) is 0 Å². The Balaban J connectivity index is 2.35. The van der Waals surface area contributed by atoms with E-state index in [1.807, 2.05) is 12.2 Å². The van der Waals surface area contributed by atoms with E-state index < -0.39 is 0 Å². The Kier molecular flexibility index (Phi) is 0.641. The quantitative estimate of drug-likeness (QED) is 0.419. The monoisotopic (exact) mass is 110 g/mol. The lowest BCUT2D eigenvalue weighted by Crippen LogP contribution is -2.10. The van der Waals surface area contributed by atoms with Crippen LogP contribution in [0.1, 0.15) is 6.42 Å². The molecule has 0 aromatic rings. The molecule has 0 radical (unpaired) electrons. The molecule has 0 spiro atoms. The highest BCUT2D eigenvalue weighted by Gasteiger charge is 2.34. The molecule has 1 fully saturated rings. The van der Waals surface area contributed by atoms with Gasteiger partial charge in [-0.05, 0) is 6.08 Å². The first-order valence-corrected chi connectivity index (χ1v) is 2.73. The van der Waals surface area contributed by atoms with Crippen LogP contribution in [0.4, 0.5) is 0 Å². The second-order valence-corrected chi connectivity index (χ2v) is 2.15. The van der Waals surface area contributed by atoms with Crippen molar-refractivity contribution in [3.63, 3.8) is 0 Å². The van der Waals surface area contributed by atoms with Crippen LogP contribution in [-0.2, 0) is 9.53 Å². The highest BCUT2D eigenvalue weighted by atomic mass is 16.5. The molecule has 8 heavy (non-hydrogen) atoms. The van der Waals surface area contributed by atoms with Crippen LogP contribution >= 0.6 is 0 Å². The van der Waals surface area contributed by atoms with Crippen molar-refractivity contribution >= 4 is 5.78 Å². The number of fused-ring (bicyclic) bond motifs is 2. The van der Waals surface area contributed by atoms with Crippen LogP contribution in [0.5, 0.6) is 0 Å². The zero-order valence-electron chi connectivity index (χ0n) is 4.33. The van der Waals surface area contributed by atoms with Crippen molar-refractivity contribution in [2.75, 3.05) is 0 Å². The summed E-state index contributed by atoms with van der Waals surface area (Å²) in [6, 6.07) is 0. The summed E-state index contributed by atoms with van der Waals surface area (Å²) >= 11 is 0. The van der Waals surface area contributed by atoms with Gasteiger partial charge in [0.1, 0.15) is 6.10 Å². The van der Waals surface area contributed by atoms with Gasteiger partial charge in [-0.3, -0.25) is 4.79 Å². The van der Waals surface area contributed by atoms with E-state index in [2.05, 4.69) is 0 Å². The fourth-order valence-corrected chi connectivity index (χ4v) is 1.12. The van der Waals surface area contributed by atoms with Crippen molar-refractivity contribution < 1.29 is 9.53 Å². The second-order valence-electron chi connectivity index (χ2n) is 2.15. The Labute approximate surface area is 47.1 Å². The molecule has 0 aliphatic carbocycles. The second kappa shape index (κ2) is 1.20. The molecule has 2 nitrogen and oxygen atoms in total. The van der Waals surface area contributed by atoms with Gasteiger partial charge in [0.2, 0.25) is 0 Å². The summed E-state index contributed by atoms with van der Waals surface area (Å²) in [6.45, 7) is 0. The average Bonchev–Trinajstić information content (AvgIpc) is 2.23. The van der Waals surface area contributed by atoms with E-state index in [1.54, 1.807) is 0 Å². The Morgan fingerprint density at radius 3 is 2.75 bits per heavy atom. The number of rotatable bonds is 0. The number of Topliss-reactive ketones (excluding diaryl/α,β-unsaturated/α-hetero) is 1. The fraction of sp³-hybridized carbons (Fsp3) is 0.500. The van der Waals surface area contributed by atoms with Gasteiger partial charge in [-0.15, -0.1) is 0 Å². The normalized spacial score (nSPS) is 41.8. The Morgan fingerprint density at radius 2 is 2.50 bits per heavy atom. The zero-order valence-corrected chi connectivity index (χ0v) is 4.33. The van der Waals surface area contributed by atoms with Crippen LogP contribution in [0, 0.1) is 0 Å². The molecule has 1 unspecified atom stereocenters. The van der Waals surface area contributed by atoms with Crippen LogP contribution in [0.25, 0.3) is 0 Å². The Hall–Kier alpha value is -0.630. The van der Waals surface area contributed by atoms with Crippen molar-refractivity contribution in [1.82, 2.24) is 0 Å². The lowest BCUT2D eigenvalue weighted by Gasteiger charge is -1.92. The van der Waals surface area contributed by atoms with Crippen molar-refractivity contribution in [1.29, 1.82) is 0 Å². The number of carbonyl (C=O) groups excluding carboxylic acids is 1.